The van der Waals surface area contributed by atoms with Crippen molar-refractivity contribution in [3.05, 3.63) is 28.2 Å². The molecule has 0 aliphatic carbocycles. The second-order valence-corrected chi connectivity index (χ2v) is 5.45. The van der Waals surface area contributed by atoms with Crippen LogP contribution in [0.2, 0.25) is 0 Å². The van der Waals surface area contributed by atoms with Gasteiger partial charge in [-0.1, -0.05) is 22.0 Å². The Bertz CT molecular complexity index is 430. The van der Waals surface area contributed by atoms with Crippen molar-refractivity contribution < 1.29 is 4.79 Å². The average Bonchev–Trinajstić information content (AvgIpc) is 2.35. The number of hydrogen-bond donors (Lipinski definition) is 2. The third kappa shape index (κ3) is 3.80. The Balaban J connectivity index is 1.92. The number of hydrogen-bond acceptors (Lipinski definition) is 3. The monoisotopic (exact) mass is 311 g/mol. The van der Waals surface area contributed by atoms with E-state index in [0.29, 0.717) is 6.54 Å². The molecule has 2 N–H and O–H groups in total. The zero-order valence-electron chi connectivity index (χ0n) is 10.5. The van der Waals surface area contributed by atoms with Crippen LogP contribution in [0.5, 0.6) is 0 Å². The quantitative estimate of drug-likeness (QED) is 0.891. The maximum atomic E-state index is 12.0. The summed E-state index contributed by atoms with van der Waals surface area (Å²) in [5.74, 6) is 0.0538. The van der Waals surface area contributed by atoms with Crippen molar-refractivity contribution in [3.8, 4) is 0 Å². The van der Waals surface area contributed by atoms with Crippen molar-refractivity contribution >= 4 is 27.5 Å². The molecule has 1 heterocycles. The SMILES string of the molecule is Cc1ccc(Br)cc1NC(=O)CN1CCNCC1. The van der Waals surface area contributed by atoms with E-state index in [1.165, 1.54) is 0 Å². The van der Waals surface area contributed by atoms with E-state index >= 15 is 0 Å². The Morgan fingerprint density at radius 2 is 2.17 bits per heavy atom. The van der Waals surface area contributed by atoms with E-state index < -0.39 is 0 Å². The van der Waals surface area contributed by atoms with Crippen molar-refractivity contribution in [1.29, 1.82) is 0 Å². The number of piperazine rings is 1. The Morgan fingerprint density at radius 1 is 1.44 bits per heavy atom. The number of rotatable bonds is 3. The molecule has 0 saturated carbocycles. The van der Waals surface area contributed by atoms with E-state index in [1.54, 1.807) is 0 Å². The van der Waals surface area contributed by atoms with Gasteiger partial charge in [0.05, 0.1) is 6.54 Å². The van der Waals surface area contributed by atoms with Gasteiger partial charge in [0.15, 0.2) is 0 Å². The Hall–Kier alpha value is -0.910. The van der Waals surface area contributed by atoms with Crippen LogP contribution in [0.3, 0.4) is 0 Å². The second-order valence-electron chi connectivity index (χ2n) is 4.53. The van der Waals surface area contributed by atoms with Gasteiger partial charge in [-0.3, -0.25) is 9.69 Å². The number of carbonyl (C=O) groups excluding carboxylic acids is 1. The molecule has 1 amide bonds. The summed E-state index contributed by atoms with van der Waals surface area (Å²) >= 11 is 3.41. The zero-order valence-corrected chi connectivity index (χ0v) is 12.1. The van der Waals surface area contributed by atoms with Crippen LogP contribution >= 0.6 is 15.9 Å². The summed E-state index contributed by atoms with van der Waals surface area (Å²) < 4.78 is 0.977. The van der Waals surface area contributed by atoms with Crippen LogP contribution < -0.4 is 10.6 Å². The number of halogens is 1. The maximum absolute atomic E-state index is 12.0. The first-order chi connectivity index (χ1) is 8.65. The number of aryl methyl sites for hydroxylation is 1. The molecule has 98 valence electrons. The van der Waals surface area contributed by atoms with Crippen LogP contribution in [0.1, 0.15) is 5.56 Å². The topological polar surface area (TPSA) is 44.4 Å². The van der Waals surface area contributed by atoms with E-state index in [2.05, 4.69) is 31.5 Å². The van der Waals surface area contributed by atoms with Gasteiger partial charge in [0, 0.05) is 36.3 Å². The predicted octanol–water partition coefficient (Wildman–Crippen LogP) is 1.60. The van der Waals surface area contributed by atoms with Gasteiger partial charge in [-0.25, -0.2) is 0 Å². The highest BCUT2D eigenvalue weighted by Gasteiger charge is 2.14. The third-order valence-electron chi connectivity index (χ3n) is 3.05. The highest BCUT2D eigenvalue weighted by molar-refractivity contribution is 9.10. The molecule has 5 heteroatoms. The van der Waals surface area contributed by atoms with E-state index in [9.17, 15) is 4.79 Å². The lowest BCUT2D eigenvalue weighted by Crippen LogP contribution is -2.46. The molecule has 0 aromatic heterocycles. The molecule has 0 bridgehead atoms. The van der Waals surface area contributed by atoms with Crippen molar-refractivity contribution in [2.24, 2.45) is 0 Å². The number of amides is 1. The molecule has 1 saturated heterocycles. The number of benzene rings is 1. The zero-order chi connectivity index (χ0) is 13.0. The summed E-state index contributed by atoms with van der Waals surface area (Å²) in [6.07, 6.45) is 0. The molecule has 0 atom stereocenters. The molecule has 0 radical (unpaired) electrons. The molecule has 1 aliphatic heterocycles. The van der Waals surface area contributed by atoms with Crippen molar-refractivity contribution in [2.45, 2.75) is 6.92 Å². The van der Waals surface area contributed by atoms with Crippen LogP contribution in [-0.4, -0.2) is 43.5 Å². The minimum Gasteiger partial charge on any atom is -0.325 e. The lowest BCUT2D eigenvalue weighted by atomic mass is 10.2. The number of nitrogens with one attached hydrogen (secondary N) is 2. The van der Waals surface area contributed by atoms with Crippen LogP contribution in [0, 0.1) is 6.92 Å². The first-order valence-electron chi connectivity index (χ1n) is 6.14. The van der Waals surface area contributed by atoms with E-state index in [-0.39, 0.29) is 5.91 Å². The Kier molecular flexibility index (Phi) is 4.74. The minimum absolute atomic E-state index is 0.0538. The lowest BCUT2D eigenvalue weighted by Gasteiger charge is -2.26. The summed E-state index contributed by atoms with van der Waals surface area (Å²) in [6.45, 7) is 6.25. The highest BCUT2D eigenvalue weighted by Crippen LogP contribution is 2.20. The van der Waals surface area contributed by atoms with E-state index in [0.717, 1.165) is 41.9 Å². The van der Waals surface area contributed by atoms with Gasteiger partial charge in [0.2, 0.25) is 5.91 Å². The van der Waals surface area contributed by atoms with Crippen LogP contribution in [0.4, 0.5) is 5.69 Å². The van der Waals surface area contributed by atoms with E-state index in [4.69, 9.17) is 0 Å². The van der Waals surface area contributed by atoms with Crippen molar-refractivity contribution in [3.63, 3.8) is 0 Å². The fourth-order valence-electron chi connectivity index (χ4n) is 1.99. The second kappa shape index (κ2) is 6.31. The number of carbonyl (C=O) groups is 1. The Labute approximate surface area is 116 Å². The first-order valence-corrected chi connectivity index (χ1v) is 6.93. The summed E-state index contributed by atoms with van der Waals surface area (Å²) in [7, 11) is 0. The number of nitrogens with zero attached hydrogens (tertiary/aromatic N) is 1. The molecule has 0 unspecified atom stereocenters. The molecule has 1 fully saturated rings. The molecular formula is C13H18BrN3O. The summed E-state index contributed by atoms with van der Waals surface area (Å²) in [5, 5.41) is 6.24. The van der Waals surface area contributed by atoms with Crippen molar-refractivity contribution in [2.75, 3.05) is 38.0 Å². The molecular weight excluding hydrogens is 294 g/mol. The van der Waals surface area contributed by atoms with Crippen molar-refractivity contribution in [1.82, 2.24) is 10.2 Å². The van der Waals surface area contributed by atoms with E-state index in [1.807, 2.05) is 25.1 Å². The molecule has 4 nitrogen and oxygen atoms in total. The third-order valence-corrected chi connectivity index (χ3v) is 3.54. The molecule has 0 spiro atoms. The van der Waals surface area contributed by atoms with Gasteiger partial charge >= 0.3 is 0 Å². The van der Waals surface area contributed by atoms with Crippen LogP contribution in [0.25, 0.3) is 0 Å². The molecule has 1 aliphatic rings. The van der Waals surface area contributed by atoms with Crippen LogP contribution in [0.15, 0.2) is 22.7 Å². The molecule has 1 aromatic rings. The minimum atomic E-state index is 0.0538. The van der Waals surface area contributed by atoms with Gasteiger partial charge in [-0.15, -0.1) is 0 Å². The summed E-state index contributed by atoms with van der Waals surface area (Å²) in [4.78, 5) is 14.1. The highest BCUT2D eigenvalue weighted by atomic mass is 79.9. The standard InChI is InChI=1S/C13H18BrN3O/c1-10-2-3-11(14)8-12(10)16-13(18)9-17-6-4-15-5-7-17/h2-3,8,15H,4-7,9H2,1H3,(H,16,18). The normalized spacial score (nSPS) is 16.6. The van der Waals surface area contributed by atoms with Gasteiger partial charge in [-0.05, 0) is 24.6 Å². The smallest absolute Gasteiger partial charge is 0.238 e. The lowest BCUT2D eigenvalue weighted by molar-refractivity contribution is -0.117. The Morgan fingerprint density at radius 3 is 2.89 bits per heavy atom. The fourth-order valence-corrected chi connectivity index (χ4v) is 2.35. The largest absolute Gasteiger partial charge is 0.325 e. The summed E-state index contributed by atoms with van der Waals surface area (Å²) in [5.41, 5.74) is 1.95. The van der Waals surface area contributed by atoms with Crippen LogP contribution in [-0.2, 0) is 4.79 Å². The predicted molar refractivity (Wildman–Crippen MR) is 76.8 cm³/mol. The van der Waals surface area contributed by atoms with Gasteiger partial charge in [0.25, 0.3) is 0 Å². The van der Waals surface area contributed by atoms with Gasteiger partial charge in [0.1, 0.15) is 0 Å². The number of anilines is 1. The first kappa shape index (κ1) is 13.5. The average molecular weight is 312 g/mol. The van der Waals surface area contributed by atoms with Gasteiger partial charge < -0.3 is 10.6 Å². The van der Waals surface area contributed by atoms with Gasteiger partial charge in [-0.2, -0.15) is 0 Å². The molecule has 1 aromatic carbocycles. The fraction of sp³-hybridized carbons (Fsp3) is 0.462. The molecule has 18 heavy (non-hydrogen) atoms. The summed E-state index contributed by atoms with van der Waals surface area (Å²) in [6, 6.07) is 5.90. The maximum Gasteiger partial charge on any atom is 0.238 e. The molecule has 2 rings (SSSR count).